The minimum atomic E-state index is -4.03. The maximum Gasteiger partial charge on any atom is 0.335 e. The second kappa shape index (κ2) is 10.3. The molecule has 0 fully saturated rings. The van der Waals surface area contributed by atoms with E-state index in [-0.39, 0.29) is 10.5 Å². The second-order valence-corrected chi connectivity index (χ2v) is 9.70. The molecule has 2 N–H and O–H groups in total. The zero-order valence-corrected chi connectivity index (χ0v) is 19.8. The lowest BCUT2D eigenvalue weighted by Crippen LogP contribution is -2.40. The zero-order chi connectivity index (χ0) is 24.9. The van der Waals surface area contributed by atoms with Crippen molar-refractivity contribution >= 4 is 33.8 Å². The van der Waals surface area contributed by atoms with Crippen LogP contribution in [-0.2, 0) is 14.8 Å². The van der Waals surface area contributed by atoms with Crippen molar-refractivity contribution in [3.05, 3.63) is 94.5 Å². The highest BCUT2D eigenvalue weighted by molar-refractivity contribution is 7.92. The van der Waals surface area contributed by atoms with Crippen molar-refractivity contribution in [1.82, 2.24) is 5.43 Å². The summed E-state index contributed by atoms with van der Waals surface area (Å²) in [5.41, 5.74) is 5.93. The number of nitrogens with one attached hydrogen (secondary N) is 1. The SMILES string of the molecule is Cc1ccc(S(=O)(=O)N(CC(=O)N/N=C\c2ccc(C(=O)O)cc2)c2cc(C)ccc2C)cc1. The van der Waals surface area contributed by atoms with Gasteiger partial charge in [0.1, 0.15) is 6.54 Å². The molecule has 3 aromatic rings. The fourth-order valence-corrected chi connectivity index (χ4v) is 4.66. The number of rotatable bonds is 8. The van der Waals surface area contributed by atoms with Gasteiger partial charge in [-0.1, -0.05) is 42.0 Å². The van der Waals surface area contributed by atoms with Crippen molar-refractivity contribution in [2.45, 2.75) is 25.7 Å². The van der Waals surface area contributed by atoms with Gasteiger partial charge in [0.05, 0.1) is 22.4 Å². The molecular formula is C25H25N3O5S. The molecule has 0 aliphatic rings. The summed E-state index contributed by atoms with van der Waals surface area (Å²) in [7, 11) is -4.03. The molecule has 0 saturated carbocycles. The molecule has 0 unspecified atom stereocenters. The molecule has 0 aliphatic carbocycles. The quantitative estimate of drug-likeness (QED) is 0.378. The fourth-order valence-electron chi connectivity index (χ4n) is 3.18. The fraction of sp³-hybridized carbons (Fsp3) is 0.160. The number of carboxylic acid groups (broad SMARTS) is 1. The lowest BCUT2D eigenvalue weighted by molar-refractivity contribution is -0.119. The number of nitrogens with zero attached hydrogens (tertiary/aromatic N) is 2. The Morgan fingerprint density at radius 3 is 2.18 bits per heavy atom. The normalized spacial score (nSPS) is 11.4. The van der Waals surface area contributed by atoms with Crippen LogP contribution in [0.2, 0.25) is 0 Å². The maximum absolute atomic E-state index is 13.5. The first-order valence-corrected chi connectivity index (χ1v) is 11.8. The van der Waals surface area contributed by atoms with E-state index in [2.05, 4.69) is 10.5 Å². The first kappa shape index (κ1) is 24.7. The van der Waals surface area contributed by atoms with Gasteiger partial charge in [0.2, 0.25) is 0 Å². The van der Waals surface area contributed by atoms with Gasteiger partial charge >= 0.3 is 5.97 Å². The zero-order valence-electron chi connectivity index (χ0n) is 19.0. The third-order valence-corrected chi connectivity index (χ3v) is 6.86. The molecule has 0 heterocycles. The van der Waals surface area contributed by atoms with Gasteiger partial charge in [-0.25, -0.2) is 18.6 Å². The van der Waals surface area contributed by atoms with E-state index in [1.165, 1.54) is 30.5 Å². The largest absolute Gasteiger partial charge is 0.478 e. The van der Waals surface area contributed by atoms with Gasteiger partial charge in [-0.05, 0) is 67.8 Å². The standard InChI is InChI=1S/C25H25N3O5S/c1-17-5-12-22(13-6-17)34(32,33)28(23-14-18(2)4-7-19(23)3)16-24(29)27-26-15-20-8-10-21(11-9-20)25(30)31/h4-15H,16H2,1-3H3,(H,27,29)(H,30,31)/b26-15-. The van der Waals surface area contributed by atoms with E-state index in [4.69, 9.17) is 5.11 Å². The molecule has 0 aliphatic heterocycles. The number of benzene rings is 3. The van der Waals surface area contributed by atoms with Crippen molar-refractivity contribution in [3.63, 3.8) is 0 Å². The van der Waals surface area contributed by atoms with Crippen LogP contribution in [0.3, 0.4) is 0 Å². The number of hydrazone groups is 1. The number of hydrogen-bond donors (Lipinski definition) is 2. The first-order valence-electron chi connectivity index (χ1n) is 10.4. The van der Waals surface area contributed by atoms with Crippen molar-refractivity contribution in [3.8, 4) is 0 Å². The van der Waals surface area contributed by atoms with Crippen LogP contribution in [0.25, 0.3) is 0 Å². The van der Waals surface area contributed by atoms with E-state index in [1.54, 1.807) is 43.3 Å². The first-order chi connectivity index (χ1) is 16.1. The molecule has 176 valence electrons. The summed E-state index contributed by atoms with van der Waals surface area (Å²) in [6.45, 7) is 5.01. The van der Waals surface area contributed by atoms with Crippen LogP contribution in [0.15, 0.2) is 76.7 Å². The second-order valence-electron chi connectivity index (χ2n) is 7.84. The lowest BCUT2D eigenvalue weighted by atomic mass is 10.1. The van der Waals surface area contributed by atoms with Gasteiger partial charge < -0.3 is 5.11 Å². The smallest absolute Gasteiger partial charge is 0.335 e. The van der Waals surface area contributed by atoms with Crippen LogP contribution < -0.4 is 9.73 Å². The highest BCUT2D eigenvalue weighted by Crippen LogP contribution is 2.28. The van der Waals surface area contributed by atoms with Crippen LogP contribution in [0, 0.1) is 20.8 Å². The minimum Gasteiger partial charge on any atom is -0.478 e. The van der Waals surface area contributed by atoms with Gasteiger partial charge in [0.15, 0.2) is 0 Å². The molecule has 0 saturated heterocycles. The molecular weight excluding hydrogens is 454 g/mol. The van der Waals surface area contributed by atoms with E-state index >= 15 is 0 Å². The van der Waals surface area contributed by atoms with Crippen LogP contribution in [0.5, 0.6) is 0 Å². The summed E-state index contributed by atoms with van der Waals surface area (Å²) in [5, 5.41) is 12.8. The van der Waals surface area contributed by atoms with Crippen LogP contribution in [-0.4, -0.2) is 38.2 Å². The molecule has 8 nitrogen and oxygen atoms in total. The maximum atomic E-state index is 13.5. The number of aryl methyl sites for hydroxylation is 3. The van der Waals surface area contributed by atoms with Gasteiger partial charge in [-0.2, -0.15) is 5.10 Å². The Kier molecular flexibility index (Phi) is 7.47. The molecule has 0 spiro atoms. The summed E-state index contributed by atoms with van der Waals surface area (Å²) in [6.07, 6.45) is 1.35. The van der Waals surface area contributed by atoms with Gasteiger partial charge in [-0.15, -0.1) is 0 Å². The Labute approximate surface area is 198 Å². The average molecular weight is 480 g/mol. The van der Waals surface area contributed by atoms with Crippen LogP contribution >= 0.6 is 0 Å². The van der Waals surface area contributed by atoms with Gasteiger partial charge in [0, 0.05) is 0 Å². The number of hydrogen-bond acceptors (Lipinski definition) is 5. The average Bonchev–Trinajstić information content (AvgIpc) is 2.80. The molecule has 34 heavy (non-hydrogen) atoms. The highest BCUT2D eigenvalue weighted by Gasteiger charge is 2.28. The van der Waals surface area contributed by atoms with Gasteiger partial charge in [0.25, 0.3) is 15.9 Å². The van der Waals surface area contributed by atoms with E-state index in [9.17, 15) is 18.0 Å². The van der Waals surface area contributed by atoms with Crippen LogP contribution in [0.4, 0.5) is 5.69 Å². The molecule has 0 atom stereocenters. The van der Waals surface area contributed by atoms with Crippen molar-refractivity contribution in [2.75, 3.05) is 10.8 Å². The Bertz CT molecular complexity index is 1330. The minimum absolute atomic E-state index is 0.0776. The number of carbonyl (C=O) groups is 2. The summed E-state index contributed by atoms with van der Waals surface area (Å²) in [5.74, 6) is -1.67. The van der Waals surface area contributed by atoms with Gasteiger partial charge in [-0.3, -0.25) is 9.10 Å². The predicted octanol–water partition coefficient (Wildman–Crippen LogP) is 3.66. The molecule has 3 aromatic carbocycles. The predicted molar refractivity (Wildman–Crippen MR) is 131 cm³/mol. The summed E-state index contributed by atoms with van der Waals surface area (Å²) >= 11 is 0. The third kappa shape index (κ3) is 5.87. The van der Waals surface area contributed by atoms with E-state index in [0.717, 1.165) is 15.4 Å². The topological polar surface area (TPSA) is 116 Å². The van der Waals surface area contributed by atoms with E-state index in [1.807, 2.05) is 19.9 Å². The molecule has 0 radical (unpaired) electrons. The van der Waals surface area contributed by atoms with Crippen molar-refractivity contribution in [1.29, 1.82) is 0 Å². The summed E-state index contributed by atoms with van der Waals surface area (Å²) < 4.78 is 28.0. The number of sulfonamides is 1. The number of aromatic carboxylic acids is 1. The number of carboxylic acids is 1. The Hall–Kier alpha value is -3.98. The Morgan fingerprint density at radius 2 is 1.56 bits per heavy atom. The Morgan fingerprint density at radius 1 is 0.941 bits per heavy atom. The van der Waals surface area contributed by atoms with Crippen molar-refractivity contribution < 1.29 is 23.1 Å². The number of amides is 1. The lowest BCUT2D eigenvalue weighted by Gasteiger charge is -2.25. The highest BCUT2D eigenvalue weighted by atomic mass is 32.2. The summed E-state index contributed by atoms with van der Waals surface area (Å²) in [6, 6.07) is 17.8. The summed E-state index contributed by atoms with van der Waals surface area (Å²) in [4.78, 5) is 23.7. The monoisotopic (exact) mass is 479 g/mol. The van der Waals surface area contributed by atoms with Crippen LogP contribution in [0.1, 0.15) is 32.6 Å². The van der Waals surface area contributed by atoms with Crippen molar-refractivity contribution in [2.24, 2.45) is 5.10 Å². The number of anilines is 1. The Balaban J connectivity index is 1.85. The molecule has 0 bridgehead atoms. The molecule has 9 heteroatoms. The van der Waals surface area contributed by atoms with E-state index < -0.39 is 28.4 Å². The molecule has 1 amide bonds. The third-order valence-electron chi connectivity index (χ3n) is 5.09. The number of carbonyl (C=O) groups excluding carboxylic acids is 1. The van der Waals surface area contributed by atoms with E-state index in [0.29, 0.717) is 16.8 Å². The molecule has 3 rings (SSSR count). The molecule has 0 aromatic heterocycles.